The number of methoxy groups -OCH3 is 1. The number of ether oxygens (including phenoxy) is 1. The number of nitrogens with two attached hydrogens (primary N) is 1. The van der Waals surface area contributed by atoms with E-state index in [1.165, 1.54) is 19.5 Å². The highest BCUT2D eigenvalue weighted by molar-refractivity contribution is 5.93. The Morgan fingerprint density at radius 3 is 2.83 bits per heavy atom. The van der Waals surface area contributed by atoms with Crippen LogP contribution >= 0.6 is 0 Å². The zero-order chi connectivity index (χ0) is 8.97. The van der Waals surface area contributed by atoms with Crippen molar-refractivity contribution < 1.29 is 9.53 Å². The van der Waals surface area contributed by atoms with Gasteiger partial charge in [0, 0.05) is 12.4 Å². The van der Waals surface area contributed by atoms with Gasteiger partial charge >= 0.3 is 0 Å². The molecule has 64 valence electrons. The minimum atomic E-state index is -0.528. The van der Waals surface area contributed by atoms with Crippen LogP contribution in [0.3, 0.4) is 0 Å². The van der Waals surface area contributed by atoms with Gasteiger partial charge in [-0.3, -0.25) is 10.2 Å². The molecule has 6 nitrogen and oxygen atoms in total. The van der Waals surface area contributed by atoms with Gasteiger partial charge in [-0.05, 0) is 0 Å². The molecule has 0 aliphatic heterocycles. The van der Waals surface area contributed by atoms with E-state index >= 15 is 0 Å². The van der Waals surface area contributed by atoms with Crippen LogP contribution < -0.4 is 16.0 Å². The number of nitrogen functional groups attached to an aromatic ring is 1. The monoisotopic (exact) mass is 168 g/mol. The smallest absolute Gasteiger partial charge is 0.289 e. The van der Waals surface area contributed by atoms with Gasteiger partial charge in [0.05, 0.1) is 7.11 Å². The third kappa shape index (κ3) is 1.48. The van der Waals surface area contributed by atoms with Crippen LogP contribution in [0.1, 0.15) is 10.5 Å². The molecule has 6 heteroatoms. The Hall–Kier alpha value is -1.69. The Bertz CT molecular complexity index is 289. The number of carbonyl (C=O) groups excluding carboxylic acids is 1. The van der Waals surface area contributed by atoms with E-state index in [1.807, 2.05) is 5.43 Å². The quantitative estimate of drug-likeness (QED) is 0.339. The number of nitrogens with one attached hydrogen (secondary N) is 1. The van der Waals surface area contributed by atoms with Crippen molar-refractivity contribution in [3.63, 3.8) is 0 Å². The molecule has 0 bridgehead atoms. The first-order valence-corrected chi connectivity index (χ1v) is 3.15. The molecule has 1 amide bonds. The van der Waals surface area contributed by atoms with Crippen LogP contribution in [0.4, 0.5) is 0 Å². The van der Waals surface area contributed by atoms with Crippen molar-refractivity contribution in [3.05, 3.63) is 18.1 Å². The van der Waals surface area contributed by atoms with Crippen molar-refractivity contribution >= 4 is 5.91 Å². The molecule has 0 saturated carbocycles. The van der Waals surface area contributed by atoms with Gasteiger partial charge in [-0.2, -0.15) is 0 Å². The number of hydrogen-bond donors (Lipinski definition) is 2. The largest absolute Gasteiger partial charge is 0.479 e. The van der Waals surface area contributed by atoms with Crippen molar-refractivity contribution in [3.8, 4) is 5.88 Å². The number of rotatable bonds is 2. The molecule has 1 aromatic heterocycles. The number of hydrazine groups is 1. The van der Waals surface area contributed by atoms with Crippen molar-refractivity contribution in [1.29, 1.82) is 0 Å². The highest BCUT2D eigenvalue weighted by Crippen LogP contribution is 2.08. The summed E-state index contributed by atoms with van der Waals surface area (Å²) in [6.45, 7) is 0. The molecule has 0 aliphatic carbocycles. The van der Waals surface area contributed by atoms with Gasteiger partial charge in [-0.25, -0.2) is 15.8 Å². The second-order valence-electron chi connectivity index (χ2n) is 1.89. The number of aromatic nitrogens is 2. The molecule has 0 radical (unpaired) electrons. The van der Waals surface area contributed by atoms with Crippen molar-refractivity contribution in [2.75, 3.05) is 7.11 Å². The lowest BCUT2D eigenvalue weighted by Crippen LogP contribution is -2.31. The second-order valence-corrected chi connectivity index (χ2v) is 1.89. The molecule has 0 fully saturated rings. The summed E-state index contributed by atoms with van der Waals surface area (Å²) in [6, 6.07) is 0. The summed E-state index contributed by atoms with van der Waals surface area (Å²) in [5, 5.41) is 0. The summed E-state index contributed by atoms with van der Waals surface area (Å²) < 4.78 is 4.78. The predicted octanol–water partition coefficient (Wildman–Crippen LogP) is -0.911. The third-order valence-corrected chi connectivity index (χ3v) is 1.20. The number of nitrogens with zero attached hydrogens (tertiary/aromatic N) is 2. The highest BCUT2D eigenvalue weighted by Gasteiger charge is 2.12. The van der Waals surface area contributed by atoms with Gasteiger partial charge < -0.3 is 4.74 Å². The number of amides is 1. The molecular formula is C6H8N4O2. The van der Waals surface area contributed by atoms with Gasteiger partial charge in [-0.15, -0.1) is 0 Å². The van der Waals surface area contributed by atoms with E-state index in [-0.39, 0.29) is 11.6 Å². The van der Waals surface area contributed by atoms with Crippen molar-refractivity contribution in [1.82, 2.24) is 15.4 Å². The van der Waals surface area contributed by atoms with E-state index in [2.05, 4.69) is 9.97 Å². The van der Waals surface area contributed by atoms with Gasteiger partial charge in [0.15, 0.2) is 5.69 Å². The van der Waals surface area contributed by atoms with E-state index in [4.69, 9.17) is 10.6 Å². The summed E-state index contributed by atoms with van der Waals surface area (Å²) in [5.41, 5.74) is 2.01. The summed E-state index contributed by atoms with van der Waals surface area (Å²) in [5.74, 6) is 4.53. The summed E-state index contributed by atoms with van der Waals surface area (Å²) in [7, 11) is 1.40. The topological polar surface area (TPSA) is 90.1 Å². The molecule has 0 atom stereocenters. The molecule has 0 saturated heterocycles. The van der Waals surface area contributed by atoms with E-state index in [0.29, 0.717) is 0 Å². The fraction of sp³-hybridized carbons (Fsp3) is 0.167. The highest BCUT2D eigenvalue weighted by atomic mass is 16.5. The SMILES string of the molecule is COc1nccnc1C(=O)NN. The van der Waals surface area contributed by atoms with Crippen LogP contribution in [-0.2, 0) is 0 Å². The Morgan fingerprint density at radius 2 is 2.25 bits per heavy atom. The summed E-state index contributed by atoms with van der Waals surface area (Å²) in [4.78, 5) is 18.5. The lowest BCUT2D eigenvalue weighted by molar-refractivity contribution is 0.0944. The molecule has 0 spiro atoms. The van der Waals surface area contributed by atoms with Gasteiger partial charge in [0.2, 0.25) is 5.88 Å². The summed E-state index contributed by atoms with van der Waals surface area (Å²) >= 11 is 0. The maximum Gasteiger partial charge on any atom is 0.289 e. The predicted molar refractivity (Wildman–Crippen MR) is 40.2 cm³/mol. The number of carbonyl (C=O) groups is 1. The minimum Gasteiger partial charge on any atom is -0.479 e. The van der Waals surface area contributed by atoms with E-state index in [9.17, 15) is 4.79 Å². The Kier molecular flexibility index (Phi) is 2.54. The van der Waals surface area contributed by atoms with Gasteiger partial charge in [0.25, 0.3) is 5.91 Å². The molecular weight excluding hydrogens is 160 g/mol. The molecule has 3 N–H and O–H groups in total. The summed E-state index contributed by atoms with van der Waals surface area (Å²) in [6.07, 6.45) is 2.80. The number of hydrogen-bond acceptors (Lipinski definition) is 5. The Balaban J connectivity index is 3.04. The van der Waals surface area contributed by atoms with E-state index in [0.717, 1.165) is 0 Å². The van der Waals surface area contributed by atoms with Crippen LogP contribution in [0.2, 0.25) is 0 Å². The molecule has 1 aromatic rings. The molecule has 0 unspecified atom stereocenters. The Morgan fingerprint density at radius 1 is 1.58 bits per heavy atom. The normalized spacial score (nSPS) is 9.17. The zero-order valence-electron chi connectivity index (χ0n) is 6.44. The van der Waals surface area contributed by atoms with Crippen molar-refractivity contribution in [2.24, 2.45) is 5.84 Å². The van der Waals surface area contributed by atoms with Crippen LogP contribution in [-0.4, -0.2) is 23.0 Å². The molecule has 12 heavy (non-hydrogen) atoms. The fourth-order valence-electron chi connectivity index (χ4n) is 0.699. The van der Waals surface area contributed by atoms with Crippen LogP contribution in [0, 0.1) is 0 Å². The first-order chi connectivity index (χ1) is 5.79. The van der Waals surface area contributed by atoms with Crippen molar-refractivity contribution in [2.45, 2.75) is 0 Å². The zero-order valence-corrected chi connectivity index (χ0v) is 6.44. The first-order valence-electron chi connectivity index (χ1n) is 3.15. The third-order valence-electron chi connectivity index (χ3n) is 1.20. The average molecular weight is 168 g/mol. The lowest BCUT2D eigenvalue weighted by Gasteiger charge is -2.02. The van der Waals surface area contributed by atoms with Gasteiger partial charge in [0.1, 0.15) is 0 Å². The standard InChI is InChI=1S/C6H8N4O2/c1-12-6-4(5(11)10-7)8-2-3-9-6/h2-3H,7H2,1H3,(H,10,11). The molecule has 0 aromatic carbocycles. The van der Waals surface area contributed by atoms with Gasteiger partial charge in [-0.1, -0.05) is 0 Å². The lowest BCUT2D eigenvalue weighted by atomic mass is 10.4. The fourth-order valence-corrected chi connectivity index (χ4v) is 0.699. The molecule has 0 aliphatic rings. The molecule has 1 heterocycles. The van der Waals surface area contributed by atoms with Crippen LogP contribution in [0.15, 0.2) is 12.4 Å². The molecule has 1 rings (SSSR count). The average Bonchev–Trinajstić information content (AvgIpc) is 2.16. The Labute approximate surface area is 68.7 Å². The maximum absolute atomic E-state index is 11.0. The van der Waals surface area contributed by atoms with E-state index in [1.54, 1.807) is 0 Å². The van der Waals surface area contributed by atoms with Crippen LogP contribution in [0.5, 0.6) is 5.88 Å². The van der Waals surface area contributed by atoms with Crippen LogP contribution in [0.25, 0.3) is 0 Å². The minimum absolute atomic E-state index is 0.0718. The van der Waals surface area contributed by atoms with E-state index < -0.39 is 5.91 Å². The maximum atomic E-state index is 11.0. The second kappa shape index (κ2) is 3.63. The first kappa shape index (κ1) is 8.41.